The van der Waals surface area contributed by atoms with E-state index in [2.05, 4.69) is 16.0 Å². The summed E-state index contributed by atoms with van der Waals surface area (Å²) >= 11 is 5.28. The van der Waals surface area contributed by atoms with Gasteiger partial charge in [-0.2, -0.15) is 5.26 Å². The van der Waals surface area contributed by atoms with Crippen molar-refractivity contribution in [1.82, 2.24) is 5.32 Å². The zero-order valence-corrected chi connectivity index (χ0v) is 16.8. The normalized spacial score (nSPS) is 10.0. The van der Waals surface area contributed by atoms with E-state index in [1.165, 1.54) is 12.1 Å². The van der Waals surface area contributed by atoms with Crippen molar-refractivity contribution >= 4 is 34.6 Å². The second kappa shape index (κ2) is 10.1. The Morgan fingerprint density at radius 3 is 2.10 bits per heavy atom. The lowest BCUT2D eigenvalue weighted by atomic mass is 10.1. The van der Waals surface area contributed by atoms with Crippen LogP contribution in [-0.4, -0.2) is 17.6 Å². The van der Waals surface area contributed by atoms with Crippen molar-refractivity contribution < 1.29 is 9.18 Å². The van der Waals surface area contributed by atoms with E-state index in [0.29, 0.717) is 28.5 Å². The quantitative estimate of drug-likeness (QED) is 0.515. The van der Waals surface area contributed by atoms with Crippen LogP contribution in [0.5, 0.6) is 0 Å². The summed E-state index contributed by atoms with van der Waals surface area (Å²) in [6.45, 7) is 0.621. The molecule has 3 aromatic rings. The highest BCUT2D eigenvalue weighted by Crippen LogP contribution is 2.15. The number of nitrogens with zero attached hydrogens (tertiary/aromatic N) is 1. The Balaban J connectivity index is 1.46. The minimum absolute atomic E-state index is 0.250. The smallest absolute Gasteiger partial charge is 0.255 e. The molecule has 5 nitrogen and oxygen atoms in total. The van der Waals surface area contributed by atoms with Gasteiger partial charge in [-0.15, -0.1) is 0 Å². The summed E-state index contributed by atoms with van der Waals surface area (Å²) in [5.41, 5.74) is 3.43. The molecule has 0 aromatic heterocycles. The summed E-state index contributed by atoms with van der Waals surface area (Å²) < 4.78 is 12.9. The highest BCUT2D eigenvalue weighted by molar-refractivity contribution is 7.80. The molecule has 0 aliphatic carbocycles. The summed E-state index contributed by atoms with van der Waals surface area (Å²) in [7, 11) is 0. The van der Waals surface area contributed by atoms with Crippen LogP contribution in [0.2, 0.25) is 0 Å². The average Bonchev–Trinajstić information content (AvgIpc) is 2.76. The van der Waals surface area contributed by atoms with Crippen molar-refractivity contribution in [3.8, 4) is 6.07 Å². The highest BCUT2D eigenvalue weighted by Gasteiger charge is 2.06. The number of amides is 1. The predicted molar refractivity (Wildman–Crippen MR) is 120 cm³/mol. The van der Waals surface area contributed by atoms with Crippen LogP contribution in [0.15, 0.2) is 72.8 Å². The van der Waals surface area contributed by atoms with E-state index in [1.54, 1.807) is 48.5 Å². The Morgan fingerprint density at radius 2 is 1.50 bits per heavy atom. The Labute approximate surface area is 179 Å². The molecular weight excluding hydrogens is 399 g/mol. The lowest BCUT2D eigenvalue weighted by Crippen LogP contribution is -2.30. The summed E-state index contributed by atoms with van der Waals surface area (Å²) in [5.74, 6) is -0.501. The van der Waals surface area contributed by atoms with Gasteiger partial charge in [0.1, 0.15) is 5.82 Å². The number of nitriles is 1. The molecule has 0 bridgehead atoms. The molecule has 0 saturated heterocycles. The molecule has 3 rings (SSSR count). The van der Waals surface area contributed by atoms with Crippen LogP contribution >= 0.6 is 12.2 Å². The van der Waals surface area contributed by atoms with Gasteiger partial charge in [0.25, 0.3) is 5.91 Å². The molecular formula is C23H19FN4OS. The van der Waals surface area contributed by atoms with Crippen LogP contribution in [0.25, 0.3) is 0 Å². The van der Waals surface area contributed by atoms with Crippen LogP contribution < -0.4 is 16.0 Å². The summed E-state index contributed by atoms with van der Waals surface area (Å²) in [6, 6.07) is 22.0. The fourth-order valence-corrected chi connectivity index (χ4v) is 2.90. The van der Waals surface area contributed by atoms with Crippen LogP contribution in [0.1, 0.15) is 21.5 Å². The third-order valence-corrected chi connectivity index (χ3v) is 4.54. The Hall–Kier alpha value is -3.76. The van der Waals surface area contributed by atoms with Crippen molar-refractivity contribution in [2.45, 2.75) is 6.42 Å². The molecule has 3 aromatic carbocycles. The number of rotatable bonds is 6. The van der Waals surface area contributed by atoms with Crippen molar-refractivity contribution in [2.75, 3.05) is 17.2 Å². The highest BCUT2D eigenvalue weighted by atomic mass is 32.1. The minimum atomic E-state index is -0.252. The molecule has 30 heavy (non-hydrogen) atoms. The van der Waals surface area contributed by atoms with E-state index in [4.69, 9.17) is 17.5 Å². The van der Waals surface area contributed by atoms with E-state index in [0.717, 1.165) is 17.7 Å². The van der Waals surface area contributed by atoms with E-state index in [1.807, 2.05) is 18.2 Å². The summed E-state index contributed by atoms with van der Waals surface area (Å²) in [4.78, 5) is 12.3. The van der Waals surface area contributed by atoms with Gasteiger partial charge >= 0.3 is 0 Å². The van der Waals surface area contributed by atoms with Crippen LogP contribution in [0.4, 0.5) is 15.8 Å². The fraction of sp³-hybridized carbons (Fsp3) is 0.0870. The van der Waals surface area contributed by atoms with Gasteiger partial charge in [0.05, 0.1) is 11.6 Å². The Bertz CT molecular complexity index is 1060. The van der Waals surface area contributed by atoms with Gasteiger partial charge in [-0.25, -0.2) is 4.39 Å². The first-order valence-electron chi connectivity index (χ1n) is 9.24. The van der Waals surface area contributed by atoms with Gasteiger partial charge in [0, 0.05) is 23.5 Å². The van der Waals surface area contributed by atoms with E-state index >= 15 is 0 Å². The van der Waals surface area contributed by atoms with E-state index < -0.39 is 0 Å². The van der Waals surface area contributed by atoms with Crippen LogP contribution in [0.3, 0.4) is 0 Å². The first-order valence-corrected chi connectivity index (χ1v) is 9.65. The molecule has 0 aliphatic heterocycles. The van der Waals surface area contributed by atoms with Gasteiger partial charge in [-0.1, -0.05) is 12.1 Å². The first kappa shape index (κ1) is 21.0. The van der Waals surface area contributed by atoms with Crippen molar-refractivity contribution in [2.24, 2.45) is 0 Å². The number of hydrogen-bond acceptors (Lipinski definition) is 3. The lowest BCUT2D eigenvalue weighted by molar-refractivity contribution is 0.102. The number of halogens is 1. The molecule has 0 saturated carbocycles. The molecule has 150 valence electrons. The summed E-state index contributed by atoms with van der Waals surface area (Å²) in [6.07, 6.45) is 0.725. The second-order valence-electron chi connectivity index (χ2n) is 6.48. The topological polar surface area (TPSA) is 77.0 Å². The largest absolute Gasteiger partial charge is 0.362 e. The zero-order chi connectivity index (χ0) is 21.3. The molecule has 0 atom stereocenters. The SMILES string of the molecule is N#Cc1ccc(C(=O)Nc2ccc(NC(=S)NCCc3ccc(F)cc3)cc2)cc1. The van der Waals surface area contributed by atoms with Crippen molar-refractivity contribution in [3.63, 3.8) is 0 Å². The molecule has 0 spiro atoms. The number of anilines is 2. The monoisotopic (exact) mass is 418 g/mol. The van der Waals surface area contributed by atoms with E-state index in [-0.39, 0.29) is 11.7 Å². The van der Waals surface area contributed by atoms with Crippen molar-refractivity contribution in [3.05, 3.63) is 95.3 Å². The van der Waals surface area contributed by atoms with Crippen LogP contribution in [0, 0.1) is 17.1 Å². The number of nitrogens with one attached hydrogen (secondary N) is 3. The van der Waals surface area contributed by atoms with Gasteiger partial charge in [-0.05, 0) is 84.9 Å². The minimum Gasteiger partial charge on any atom is -0.362 e. The predicted octanol–water partition coefficient (Wildman–Crippen LogP) is 4.48. The zero-order valence-electron chi connectivity index (χ0n) is 16.0. The molecule has 0 unspecified atom stereocenters. The second-order valence-corrected chi connectivity index (χ2v) is 6.89. The number of carbonyl (C=O) groups is 1. The van der Waals surface area contributed by atoms with Gasteiger partial charge < -0.3 is 16.0 Å². The average molecular weight is 418 g/mol. The lowest BCUT2D eigenvalue weighted by Gasteiger charge is -2.11. The number of thiocarbonyl (C=S) groups is 1. The molecule has 0 aliphatic rings. The van der Waals surface area contributed by atoms with Gasteiger partial charge in [0.15, 0.2) is 5.11 Å². The van der Waals surface area contributed by atoms with Crippen molar-refractivity contribution in [1.29, 1.82) is 5.26 Å². The van der Waals surface area contributed by atoms with E-state index in [9.17, 15) is 9.18 Å². The Kier molecular flexibility index (Phi) is 7.09. The standard InChI is InChI=1S/C23H19FN4OS/c24-19-7-3-16(4-8-19)13-14-26-23(30)28-21-11-9-20(10-12-21)27-22(29)18-5-1-17(15-25)2-6-18/h1-12H,13-14H2,(H,27,29)(H2,26,28,30). The Morgan fingerprint density at radius 1 is 0.900 bits per heavy atom. The fourth-order valence-electron chi connectivity index (χ4n) is 2.68. The molecule has 0 fully saturated rings. The van der Waals surface area contributed by atoms with Crippen LogP contribution in [-0.2, 0) is 6.42 Å². The van der Waals surface area contributed by atoms with Gasteiger partial charge in [-0.3, -0.25) is 4.79 Å². The number of benzene rings is 3. The molecule has 7 heteroatoms. The molecule has 1 amide bonds. The maximum Gasteiger partial charge on any atom is 0.255 e. The maximum absolute atomic E-state index is 12.9. The molecule has 3 N–H and O–H groups in total. The third-order valence-electron chi connectivity index (χ3n) is 4.29. The molecule has 0 heterocycles. The maximum atomic E-state index is 12.9. The van der Waals surface area contributed by atoms with Gasteiger partial charge in [0.2, 0.25) is 0 Å². The number of carbonyl (C=O) groups excluding carboxylic acids is 1. The summed E-state index contributed by atoms with van der Waals surface area (Å²) in [5, 5.41) is 18.3. The third kappa shape index (κ3) is 6.12. The number of hydrogen-bond donors (Lipinski definition) is 3. The first-order chi connectivity index (χ1) is 14.5. The molecule has 0 radical (unpaired) electrons.